The van der Waals surface area contributed by atoms with Gasteiger partial charge in [-0.1, -0.05) is 160 Å². The second kappa shape index (κ2) is 40.0. The van der Waals surface area contributed by atoms with Crippen LogP contribution in [-0.4, -0.2) is 59.3 Å². The lowest BCUT2D eigenvalue weighted by atomic mass is 10.0. The monoisotopic (exact) mass is 763 g/mol. The van der Waals surface area contributed by atoms with E-state index in [1.807, 2.05) is 0 Å². The van der Waals surface area contributed by atoms with Crippen LogP contribution in [0.3, 0.4) is 0 Å². The van der Waals surface area contributed by atoms with Gasteiger partial charge in [-0.15, -0.1) is 0 Å². The molecule has 0 aliphatic carbocycles. The minimum absolute atomic E-state index is 0.0517. The Morgan fingerprint density at radius 2 is 1.02 bits per heavy atom. The summed E-state index contributed by atoms with van der Waals surface area (Å²) in [5, 5.41) is 22.5. The predicted octanol–water partition coefficient (Wildman–Crippen LogP) is 10.8. The molecule has 0 radical (unpaired) electrons. The maximum absolute atomic E-state index is 12.8. The van der Waals surface area contributed by atoms with Crippen LogP contribution in [0.15, 0.2) is 24.3 Å². The van der Waals surface area contributed by atoms with Crippen molar-refractivity contribution in [2.75, 3.05) is 13.2 Å². The summed E-state index contributed by atoms with van der Waals surface area (Å²) in [4.78, 5) is 47.5. The smallest absolute Gasteiger partial charge is 0.328 e. The molecule has 0 aliphatic heterocycles. The molecule has 0 heterocycles. The third-order valence-corrected chi connectivity index (χ3v) is 9.95. The van der Waals surface area contributed by atoms with E-state index in [0.29, 0.717) is 12.8 Å². The lowest BCUT2D eigenvalue weighted by Gasteiger charge is -2.18. The maximum Gasteiger partial charge on any atom is 0.328 e. The zero-order valence-corrected chi connectivity index (χ0v) is 34.7. The number of rotatable bonds is 40. The van der Waals surface area contributed by atoms with Gasteiger partial charge in [-0.2, -0.15) is 0 Å². The van der Waals surface area contributed by atoms with Crippen LogP contribution in [-0.2, 0) is 23.9 Å². The quantitative estimate of drug-likeness (QED) is 0.0276. The Bertz CT molecular complexity index is 968. The second-order valence-electron chi connectivity index (χ2n) is 15.1. The van der Waals surface area contributed by atoms with E-state index >= 15 is 0 Å². The van der Waals surface area contributed by atoms with Crippen LogP contribution in [0.1, 0.15) is 213 Å². The van der Waals surface area contributed by atoms with Crippen molar-refractivity contribution in [2.24, 2.45) is 0 Å². The summed E-state index contributed by atoms with van der Waals surface area (Å²) in [5.74, 6) is -2.32. The van der Waals surface area contributed by atoms with Gasteiger partial charge in [-0.25, -0.2) is 4.79 Å². The van der Waals surface area contributed by atoms with Crippen LogP contribution >= 0.6 is 0 Å². The van der Waals surface area contributed by atoms with E-state index < -0.39 is 24.5 Å². The van der Waals surface area contributed by atoms with Crippen LogP contribution in [0.2, 0.25) is 0 Å². The van der Waals surface area contributed by atoms with E-state index in [4.69, 9.17) is 14.9 Å². The van der Waals surface area contributed by atoms with Crippen molar-refractivity contribution in [2.45, 2.75) is 225 Å². The summed E-state index contributed by atoms with van der Waals surface area (Å²) in [7, 11) is 0. The molecular formula is C45H82N2O7. The first kappa shape index (κ1) is 51.3. The van der Waals surface area contributed by atoms with E-state index in [9.17, 15) is 19.2 Å². The van der Waals surface area contributed by atoms with Gasteiger partial charge in [0.15, 0.2) is 0 Å². The SMILES string of the molecule is CCCCC/C=C\C/C=C\CCCC(CCCCCCCC(=O)NCC(=O)NC(CO)C(=O)O)OC(=O)CCCCCCCCCCCCCCCCC. The zero-order valence-electron chi connectivity index (χ0n) is 34.7. The fourth-order valence-corrected chi connectivity index (χ4v) is 6.52. The van der Waals surface area contributed by atoms with Gasteiger partial charge in [-0.05, 0) is 64.2 Å². The van der Waals surface area contributed by atoms with Gasteiger partial charge in [0, 0.05) is 12.8 Å². The number of carboxylic acid groups (broad SMARTS) is 1. The molecule has 0 aromatic heterocycles. The van der Waals surface area contributed by atoms with E-state index in [2.05, 4.69) is 48.8 Å². The minimum atomic E-state index is -1.38. The Morgan fingerprint density at radius 3 is 1.56 bits per heavy atom. The largest absolute Gasteiger partial charge is 0.480 e. The second-order valence-corrected chi connectivity index (χ2v) is 15.1. The van der Waals surface area contributed by atoms with Crippen molar-refractivity contribution in [3.05, 3.63) is 24.3 Å². The molecule has 54 heavy (non-hydrogen) atoms. The number of aliphatic hydroxyl groups excluding tert-OH is 1. The maximum atomic E-state index is 12.8. The van der Waals surface area contributed by atoms with Gasteiger partial charge < -0.3 is 25.6 Å². The zero-order chi connectivity index (χ0) is 39.7. The molecule has 0 aromatic carbocycles. The third-order valence-electron chi connectivity index (χ3n) is 9.95. The molecule has 0 aliphatic rings. The number of carboxylic acids is 1. The Kier molecular flexibility index (Phi) is 38.0. The van der Waals surface area contributed by atoms with Gasteiger partial charge in [0.05, 0.1) is 13.2 Å². The molecule has 2 unspecified atom stereocenters. The average molecular weight is 763 g/mol. The van der Waals surface area contributed by atoms with Gasteiger partial charge in [0.25, 0.3) is 0 Å². The molecule has 0 saturated carbocycles. The summed E-state index contributed by atoms with van der Waals surface area (Å²) < 4.78 is 6.00. The molecule has 9 heteroatoms. The lowest BCUT2D eigenvalue weighted by molar-refractivity contribution is -0.150. The molecule has 0 fully saturated rings. The lowest BCUT2D eigenvalue weighted by Crippen LogP contribution is -2.47. The number of aliphatic hydroxyl groups is 1. The highest BCUT2D eigenvalue weighted by molar-refractivity contribution is 5.87. The summed E-state index contributed by atoms with van der Waals surface area (Å²) >= 11 is 0. The Hall–Kier alpha value is -2.68. The Balaban J connectivity index is 4.31. The topological polar surface area (TPSA) is 142 Å². The molecule has 0 aromatic rings. The normalized spacial score (nSPS) is 12.6. The van der Waals surface area contributed by atoms with Crippen molar-refractivity contribution < 1.29 is 34.1 Å². The highest BCUT2D eigenvalue weighted by Crippen LogP contribution is 2.18. The first-order valence-corrected chi connectivity index (χ1v) is 22.2. The number of carbonyl (C=O) groups is 4. The molecule has 0 saturated heterocycles. The Morgan fingerprint density at radius 1 is 0.556 bits per heavy atom. The predicted molar refractivity (Wildman–Crippen MR) is 222 cm³/mol. The fourth-order valence-electron chi connectivity index (χ4n) is 6.52. The van der Waals surface area contributed by atoms with Crippen LogP contribution < -0.4 is 10.6 Å². The van der Waals surface area contributed by atoms with E-state index in [-0.39, 0.29) is 30.9 Å². The summed E-state index contributed by atoms with van der Waals surface area (Å²) in [5.41, 5.74) is 0. The van der Waals surface area contributed by atoms with Crippen molar-refractivity contribution in [1.82, 2.24) is 10.6 Å². The number of aliphatic carboxylic acids is 1. The first-order valence-electron chi connectivity index (χ1n) is 22.2. The van der Waals surface area contributed by atoms with Crippen molar-refractivity contribution in [1.29, 1.82) is 0 Å². The number of amides is 2. The number of unbranched alkanes of at least 4 members (excludes halogenated alkanes) is 22. The summed E-state index contributed by atoms with van der Waals surface area (Å²) in [6.45, 7) is 3.46. The minimum Gasteiger partial charge on any atom is -0.480 e. The highest BCUT2D eigenvalue weighted by Gasteiger charge is 2.19. The molecule has 9 nitrogen and oxygen atoms in total. The van der Waals surface area contributed by atoms with Gasteiger partial charge in [0.1, 0.15) is 12.1 Å². The van der Waals surface area contributed by atoms with Crippen molar-refractivity contribution >= 4 is 23.8 Å². The number of hydrogen-bond acceptors (Lipinski definition) is 6. The first-order chi connectivity index (χ1) is 26.3. The van der Waals surface area contributed by atoms with E-state index in [1.165, 1.54) is 103 Å². The van der Waals surface area contributed by atoms with E-state index in [1.54, 1.807) is 0 Å². The average Bonchev–Trinajstić information content (AvgIpc) is 3.15. The molecule has 0 bridgehead atoms. The Labute approximate surface area is 330 Å². The molecule has 314 valence electrons. The van der Waals surface area contributed by atoms with Crippen molar-refractivity contribution in [3.8, 4) is 0 Å². The number of allylic oxidation sites excluding steroid dienone is 4. The van der Waals surface area contributed by atoms with Gasteiger partial charge >= 0.3 is 11.9 Å². The third kappa shape index (κ3) is 36.3. The number of ether oxygens (including phenoxy) is 1. The van der Waals surface area contributed by atoms with Crippen LogP contribution in [0.25, 0.3) is 0 Å². The number of nitrogens with one attached hydrogen (secondary N) is 2. The number of carbonyl (C=O) groups excluding carboxylic acids is 3. The van der Waals surface area contributed by atoms with Crippen LogP contribution in [0.4, 0.5) is 0 Å². The number of hydrogen-bond donors (Lipinski definition) is 4. The van der Waals surface area contributed by atoms with Gasteiger partial charge in [0.2, 0.25) is 11.8 Å². The van der Waals surface area contributed by atoms with Crippen LogP contribution in [0.5, 0.6) is 0 Å². The van der Waals surface area contributed by atoms with Gasteiger partial charge in [-0.3, -0.25) is 14.4 Å². The summed E-state index contributed by atoms with van der Waals surface area (Å²) in [6, 6.07) is -1.38. The molecule has 2 amide bonds. The van der Waals surface area contributed by atoms with Crippen molar-refractivity contribution in [3.63, 3.8) is 0 Å². The fraction of sp³-hybridized carbons (Fsp3) is 0.822. The van der Waals surface area contributed by atoms with Crippen LogP contribution in [0, 0.1) is 0 Å². The number of esters is 1. The van der Waals surface area contributed by atoms with E-state index in [0.717, 1.165) is 77.0 Å². The molecule has 0 rings (SSSR count). The molecule has 4 N–H and O–H groups in total. The molecule has 0 spiro atoms. The highest BCUT2D eigenvalue weighted by atomic mass is 16.5. The molecular weight excluding hydrogens is 681 g/mol. The molecule has 2 atom stereocenters. The standard InChI is InChI=1S/C45H82N2O7/c1-3-5-7-9-11-13-15-16-17-18-20-22-24-29-33-37-44(51)54-40(34-30-26-23-21-19-14-12-10-8-6-4-2)35-31-27-25-28-32-36-42(49)46-38-43(50)47-41(39-48)45(52)53/h12,14,21,23,40-41,48H,3-11,13,15-20,22,24-39H2,1-2H3,(H,46,49)(H,47,50)(H,52,53)/b14-12-,23-21-. The summed E-state index contributed by atoms with van der Waals surface area (Å²) in [6.07, 6.45) is 43.5.